The maximum absolute atomic E-state index is 13.1. The lowest BCUT2D eigenvalue weighted by molar-refractivity contribution is -0.138. The Morgan fingerprint density at radius 3 is 2.59 bits per heavy atom. The average molecular weight is 475 g/mol. The summed E-state index contributed by atoms with van der Waals surface area (Å²) >= 11 is 0. The number of benzene rings is 1. The Labute approximate surface area is 199 Å². The van der Waals surface area contributed by atoms with Gasteiger partial charge in [-0.15, -0.1) is 0 Å². The van der Waals surface area contributed by atoms with Gasteiger partial charge in [0.1, 0.15) is 0 Å². The number of rotatable bonds is 2. The molecule has 0 saturated heterocycles. The van der Waals surface area contributed by atoms with Crippen molar-refractivity contribution >= 4 is 11.8 Å². The SMILES string of the molecule is CN1C(=O)C=C[C@]2(C)[C@H]3CC[C@]4(C)C(NC(=O)c5cccc(C(F)(F)F)c5)CC[C@H]4[C@@H]3CC[C@@H]12. The molecule has 2 amide bonds. The molecule has 4 aliphatic rings. The molecule has 1 aromatic rings. The molecular formula is C27H33F3N2O2. The number of alkyl halides is 3. The molecule has 1 N–H and O–H groups in total. The second-order valence-corrected chi connectivity index (χ2v) is 11.3. The van der Waals surface area contributed by atoms with Crippen LogP contribution in [0.3, 0.4) is 0 Å². The Balaban J connectivity index is 1.35. The fourth-order valence-electron chi connectivity index (χ4n) is 8.05. The van der Waals surface area contributed by atoms with Gasteiger partial charge in [0, 0.05) is 30.1 Å². The third kappa shape index (κ3) is 3.49. The van der Waals surface area contributed by atoms with Crippen molar-refractivity contribution in [2.45, 2.75) is 70.6 Å². The van der Waals surface area contributed by atoms with Crippen LogP contribution in [0.5, 0.6) is 0 Å². The summed E-state index contributed by atoms with van der Waals surface area (Å²) in [5.41, 5.74) is -0.845. The molecule has 34 heavy (non-hydrogen) atoms. The van der Waals surface area contributed by atoms with Crippen molar-refractivity contribution in [2.75, 3.05) is 7.05 Å². The van der Waals surface area contributed by atoms with E-state index in [1.165, 1.54) is 12.1 Å². The lowest BCUT2D eigenvalue weighted by Crippen LogP contribution is -2.60. The van der Waals surface area contributed by atoms with Gasteiger partial charge in [-0.05, 0) is 86.0 Å². The molecule has 1 heterocycles. The van der Waals surface area contributed by atoms with Gasteiger partial charge in [0.2, 0.25) is 5.91 Å². The fraction of sp³-hybridized carbons (Fsp3) is 0.630. The summed E-state index contributed by atoms with van der Waals surface area (Å²) in [6.07, 6.45) is 5.35. The van der Waals surface area contributed by atoms with Crippen molar-refractivity contribution in [2.24, 2.45) is 28.6 Å². The molecule has 7 atom stereocenters. The van der Waals surface area contributed by atoms with Gasteiger partial charge >= 0.3 is 6.18 Å². The molecule has 1 unspecified atom stereocenters. The Morgan fingerprint density at radius 2 is 1.85 bits per heavy atom. The fourth-order valence-corrected chi connectivity index (χ4v) is 8.05. The monoisotopic (exact) mass is 474 g/mol. The largest absolute Gasteiger partial charge is 0.416 e. The summed E-state index contributed by atoms with van der Waals surface area (Å²) in [5, 5.41) is 3.11. The van der Waals surface area contributed by atoms with E-state index in [1.807, 2.05) is 11.9 Å². The molecule has 0 aromatic heterocycles. The Morgan fingerprint density at radius 1 is 1.09 bits per heavy atom. The zero-order valence-corrected chi connectivity index (χ0v) is 20.0. The first kappa shape index (κ1) is 23.4. The first-order valence-corrected chi connectivity index (χ1v) is 12.4. The molecule has 7 heteroatoms. The number of amides is 2. The highest BCUT2D eigenvalue weighted by Gasteiger charge is 2.60. The molecule has 3 fully saturated rings. The highest BCUT2D eigenvalue weighted by molar-refractivity contribution is 5.94. The van der Waals surface area contributed by atoms with Crippen molar-refractivity contribution in [3.63, 3.8) is 0 Å². The molecule has 184 valence electrons. The molecule has 0 spiro atoms. The quantitative estimate of drug-likeness (QED) is 0.620. The Bertz CT molecular complexity index is 1040. The summed E-state index contributed by atoms with van der Waals surface area (Å²) in [4.78, 5) is 27.1. The van der Waals surface area contributed by atoms with Crippen molar-refractivity contribution in [1.29, 1.82) is 0 Å². The number of carbonyl (C=O) groups is 2. The minimum atomic E-state index is -4.47. The highest BCUT2D eigenvalue weighted by atomic mass is 19.4. The van der Waals surface area contributed by atoms with Gasteiger partial charge in [-0.3, -0.25) is 9.59 Å². The van der Waals surface area contributed by atoms with Crippen LogP contribution in [0.4, 0.5) is 13.2 Å². The van der Waals surface area contributed by atoms with E-state index in [-0.39, 0.29) is 34.4 Å². The molecule has 0 bridgehead atoms. The summed E-state index contributed by atoms with van der Waals surface area (Å²) in [6.45, 7) is 4.57. The second-order valence-electron chi connectivity index (χ2n) is 11.3. The minimum Gasteiger partial charge on any atom is -0.349 e. The second kappa shape index (κ2) is 7.85. The number of fused-ring (bicyclic) bond motifs is 5. The maximum atomic E-state index is 13.1. The molecular weight excluding hydrogens is 441 g/mol. The Hall–Kier alpha value is -2.31. The smallest absolute Gasteiger partial charge is 0.349 e. The van der Waals surface area contributed by atoms with Crippen molar-refractivity contribution in [1.82, 2.24) is 10.2 Å². The summed E-state index contributed by atoms with van der Waals surface area (Å²) in [7, 11) is 1.91. The van der Waals surface area contributed by atoms with E-state index >= 15 is 0 Å². The number of likely N-dealkylation sites (N-methyl/N-ethyl adjacent to an activating group) is 1. The molecule has 3 saturated carbocycles. The first-order valence-electron chi connectivity index (χ1n) is 12.4. The van der Waals surface area contributed by atoms with Crippen LogP contribution in [0.1, 0.15) is 68.3 Å². The van der Waals surface area contributed by atoms with Crippen molar-refractivity contribution in [3.8, 4) is 0 Å². The van der Waals surface area contributed by atoms with Crippen molar-refractivity contribution in [3.05, 3.63) is 47.5 Å². The summed E-state index contributed by atoms with van der Waals surface area (Å²) < 4.78 is 39.3. The standard InChI is InChI=1S/C27H33F3N2O2/c1-25-13-11-20-18(7-10-22-26(20,2)14-12-23(33)32(22)3)19(25)8-9-21(25)31-24(34)16-5-4-6-17(15-16)27(28,29)30/h4-6,12,14-15,18-22H,7-11,13H2,1-3H3,(H,31,34)/t18-,19-,20-,21?,22+,25-,26+/m0/s1. The van der Waals surface area contributed by atoms with E-state index in [0.29, 0.717) is 17.8 Å². The highest BCUT2D eigenvalue weighted by Crippen LogP contribution is 2.63. The molecule has 3 aliphatic carbocycles. The van der Waals surface area contributed by atoms with E-state index in [9.17, 15) is 22.8 Å². The summed E-state index contributed by atoms with van der Waals surface area (Å²) in [6, 6.07) is 4.86. The average Bonchev–Trinajstić information content (AvgIpc) is 3.12. The van der Waals surface area contributed by atoms with Crippen LogP contribution in [0.2, 0.25) is 0 Å². The van der Waals surface area contributed by atoms with Crippen LogP contribution in [-0.4, -0.2) is 35.8 Å². The maximum Gasteiger partial charge on any atom is 0.416 e. The van der Waals surface area contributed by atoms with E-state index in [4.69, 9.17) is 0 Å². The zero-order valence-electron chi connectivity index (χ0n) is 20.0. The molecule has 5 rings (SSSR count). The molecule has 0 radical (unpaired) electrons. The lowest BCUT2D eigenvalue weighted by Gasteiger charge is -2.60. The number of carbonyl (C=O) groups excluding carboxylic acids is 2. The predicted molar refractivity (Wildman–Crippen MR) is 123 cm³/mol. The van der Waals surface area contributed by atoms with Crippen LogP contribution in [0.15, 0.2) is 36.4 Å². The Kier molecular flexibility index (Phi) is 5.41. The first-order chi connectivity index (χ1) is 15.9. The number of halogens is 3. The van der Waals surface area contributed by atoms with Crippen LogP contribution in [-0.2, 0) is 11.0 Å². The van der Waals surface area contributed by atoms with Crippen LogP contribution in [0, 0.1) is 28.6 Å². The lowest BCUT2D eigenvalue weighted by atomic mass is 9.48. The van der Waals surface area contributed by atoms with Gasteiger partial charge < -0.3 is 10.2 Å². The topological polar surface area (TPSA) is 49.4 Å². The van der Waals surface area contributed by atoms with E-state index < -0.39 is 17.6 Å². The third-order valence-electron chi connectivity index (χ3n) is 9.89. The van der Waals surface area contributed by atoms with Gasteiger partial charge in [-0.25, -0.2) is 0 Å². The van der Waals surface area contributed by atoms with Gasteiger partial charge in [0.05, 0.1) is 5.56 Å². The molecule has 1 aliphatic heterocycles. The van der Waals surface area contributed by atoms with Crippen LogP contribution < -0.4 is 5.32 Å². The van der Waals surface area contributed by atoms with Crippen molar-refractivity contribution < 1.29 is 22.8 Å². The number of hydrogen-bond donors (Lipinski definition) is 1. The zero-order chi connectivity index (χ0) is 24.5. The van der Waals surface area contributed by atoms with Gasteiger partial charge in [0.15, 0.2) is 0 Å². The van der Waals surface area contributed by atoms with E-state index in [2.05, 4.69) is 25.2 Å². The van der Waals surface area contributed by atoms with Crippen LogP contribution in [0.25, 0.3) is 0 Å². The third-order valence-corrected chi connectivity index (χ3v) is 9.89. The van der Waals surface area contributed by atoms with E-state index in [0.717, 1.165) is 50.7 Å². The number of nitrogens with one attached hydrogen (secondary N) is 1. The summed E-state index contributed by atoms with van der Waals surface area (Å²) in [5.74, 6) is 1.15. The van der Waals surface area contributed by atoms with Gasteiger partial charge in [-0.2, -0.15) is 13.2 Å². The van der Waals surface area contributed by atoms with E-state index in [1.54, 1.807) is 6.08 Å². The number of hydrogen-bond acceptors (Lipinski definition) is 2. The molecule has 1 aromatic carbocycles. The molecule has 4 nitrogen and oxygen atoms in total. The van der Waals surface area contributed by atoms with Crippen LogP contribution >= 0.6 is 0 Å². The minimum absolute atomic E-state index is 0.0354. The number of nitrogens with zero attached hydrogens (tertiary/aromatic N) is 1. The van der Waals surface area contributed by atoms with Gasteiger partial charge in [-0.1, -0.05) is 26.0 Å². The normalized spacial score (nSPS) is 39.3. The van der Waals surface area contributed by atoms with Gasteiger partial charge in [0.25, 0.3) is 5.91 Å². The predicted octanol–water partition coefficient (Wildman–Crippen LogP) is 5.44.